The van der Waals surface area contributed by atoms with Crippen LogP contribution in [0.2, 0.25) is 0 Å². The summed E-state index contributed by atoms with van der Waals surface area (Å²) >= 11 is 0. The number of aryl methyl sites for hydroxylation is 2. The smallest absolute Gasteiger partial charge is 0.811 e. The molecule has 228 valence electrons. The first-order valence-electron chi connectivity index (χ1n) is 26.3. The van der Waals surface area contributed by atoms with E-state index >= 15 is 0 Å². The van der Waals surface area contributed by atoms with Crippen LogP contribution in [0.15, 0.2) is 121 Å². The standard InChI is InChI=1S/C23H25N.C19H16N.Ir/c1-18(20-8-6-5-7-9-20)16-22(14-15-24)21-12-10-19(11-13-21)17-23(2,3)4;1-14-8-11-19(20-13-14)17-10-9-15(2)18(12-17)16-6-4-3-5-7-16;/h5-8,10-16H,17H2,1-4H3;3-9,11-13H,1-2H3;/q-2;-1;+3/b18-16+,22-14+;;/i5D,6D,7D,8D,10D,11D,12D,13D,14D,15D,16D,17D2;1D3,2D3,3D,4D,5D,6D,7D,8D,11D,12D;. The fraction of sp³-hybridized carbons (Fsp3) is 0.190. The van der Waals surface area contributed by atoms with Gasteiger partial charge in [-0.05, 0) is 56.3 Å². The van der Waals surface area contributed by atoms with E-state index in [1.54, 1.807) is 0 Å². The van der Waals surface area contributed by atoms with Crippen molar-refractivity contribution in [2.45, 2.75) is 47.8 Å². The van der Waals surface area contributed by atoms with Crippen LogP contribution in [0.25, 0.3) is 38.9 Å². The number of hydrogen-bond donors (Lipinski definition) is 0. The summed E-state index contributed by atoms with van der Waals surface area (Å²) in [5, 5.41) is 9.77. The molecule has 1 aromatic heterocycles. The molecular weight excluding hydrogens is 725 g/mol. The second kappa shape index (κ2) is 16.8. The fourth-order valence-electron chi connectivity index (χ4n) is 3.37. The maximum atomic E-state index is 9.77. The van der Waals surface area contributed by atoms with E-state index in [0.29, 0.717) is 0 Å². The third kappa shape index (κ3) is 10.7. The molecule has 0 bridgehead atoms. The van der Waals surface area contributed by atoms with Gasteiger partial charge in [-0.3, -0.25) is 0 Å². The van der Waals surface area contributed by atoms with E-state index in [1.165, 1.54) is 27.7 Å². The Morgan fingerprint density at radius 2 is 1.73 bits per heavy atom. The first kappa shape index (κ1) is 13.3. The molecule has 3 heteroatoms. The Bertz CT molecular complexity index is 3030. The summed E-state index contributed by atoms with van der Waals surface area (Å²) in [4.78, 5) is 3.90. The first-order valence-corrected chi connectivity index (χ1v) is 12.8. The summed E-state index contributed by atoms with van der Waals surface area (Å²) in [5.41, 5.74) is -6.08. The van der Waals surface area contributed by atoms with Crippen molar-refractivity contribution < 1.29 is 57.1 Å². The molecule has 0 saturated carbocycles. The van der Waals surface area contributed by atoms with Gasteiger partial charge in [-0.15, -0.1) is 70.7 Å². The van der Waals surface area contributed by atoms with Crippen LogP contribution in [-0.2, 0) is 26.5 Å². The third-order valence-corrected chi connectivity index (χ3v) is 5.25. The van der Waals surface area contributed by atoms with Gasteiger partial charge in [-0.25, -0.2) is 0 Å². The molecule has 0 radical (unpaired) electrons. The predicted molar refractivity (Wildman–Crippen MR) is 189 cm³/mol. The SMILES string of the molecule is [2H]C(=[N-])/C([2H])=C(\C([2H])=C(/C)c1[c-]c([2H])c([2H])c([2H])c1[2H])c1c([2H])c([2H])c(C([2H])([2H])C(C)(C)C)c([2H])c1[2H].[2H]c1c(C([2H])([2H])[2H])cnc(-c2[c-]cc(C([2H])([2H])[2H])c(-c3c([2H])c([2H])c([2H])c([2H])c3[2H])c2[2H])c1[2H].[Ir+3]. The van der Waals surface area contributed by atoms with Crippen molar-refractivity contribution in [3.8, 4) is 22.4 Å². The van der Waals surface area contributed by atoms with Crippen LogP contribution < -0.4 is 0 Å². The minimum Gasteiger partial charge on any atom is -0.811 e. The minimum atomic E-state index is -2.86. The summed E-state index contributed by atoms with van der Waals surface area (Å²) < 4.78 is 218. The average molecular weight is 793 g/mol. The molecule has 0 fully saturated rings. The third-order valence-electron chi connectivity index (χ3n) is 5.25. The van der Waals surface area contributed by atoms with Gasteiger partial charge in [0.1, 0.15) is 0 Å². The zero-order chi connectivity index (χ0) is 54.9. The van der Waals surface area contributed by atoms with E-state index < -0.39 is 179 Å². The van der Waals surface area contributed by atoms with Crippen LogP contribution in [-0.4, -0.2) is 11.2 Å². The Morgan fingerprint density at radius 1 is 0.978 bits per heavy atom. The van der Waals surface area contributed by atoms with Crippen molar-refractivity contribution in [1.29, 1.82) is 0 Å². The maximum Gasteiger partial charge on any atom is 3.00 e. The molecule has 1 heterocycles. The summed E-state index contributed by atoms with van der Waals surface area (Å²) in [6.45, 7) is 0.270. The Kier molecular flexibility index (Phi) is 4.95. The first-order chi connectivity index (χ1) is 32.2. The van der Waals surface area contributed by atoms with Gasteiger partial charge in [0.15, 0.2) is 0 Å². The number of aromatic nitrogens is 1. The van der Waals surface area contributed by atoms with E-state index in [2.05, 4.69) is 17.1 Å². The number of pyridine rings is 1. The zero-order valence-corrected chi connectivity index (χ0v) is 26.8. The van der Waals surface area contributed by atoms with E-state index in [1.807, 2.05) is 0 Å². The molecule has 0 N–H and O–H groups in total. The quantitative estimate of drug-likeness (QED) is 0.0918. The minimum absolute atomic E-state index is 0. The van der Waals surface area contributed by atoms with E-state index in [4.69, 9.17) is 37.0 Å². The van der Waals surface area contributed by atoms with Crippen molar-refractivity contribution in [2.75, 3.05) is 0 Å². The Hall–Kier alpha value is -4.17. The van der Waals surface area contributed by atoms with Crippen molar-refractivity contribution in [3.05, 3.63) is 166 Å². The normalized spacial score (nSPS) is 21.5. The number of hydrogen-bond acceptors (Lipinski definition) is 1. The van der Waals surface area contributed by atoms with Crippen LogP contribution >= 0.6 is 0 Å². The second-order valence-electron chi connectivity index (χ2n) is 9.83. The molecule has 45 heavy (non-hydrogen) atoms. The van der Waals surface area contributed by atoms with Crippen molar-refractivity contribution >= 4 is 17.3 Å². The number of rotatable bonds is 7. The molecule has 4 aromatic carbocycles. The van der Waals surface area contributed by atoms with Gasteiger partial charge in [0.2, 0.25) is 0 Å². The molecular formula is C42H41IrN2. The fourth-order valence-corrected chi connectivity index (χ4v) is 3.37. The van der Waals surface area contributed by atoms with Gasteiger partial charge >= 0.3 is 20.1 Å². The molecule has 0 unspecified atom stereocenters. The van der Waals surface area contributed by atoms with Gasteiger partial charge < -0.3 is 10.4 Å². The van der Waals surface area contributed by atoms with E-state index in [-0.39, 0.29) is 42.5 Å². The summed E-state index contributed by atoms with van der Waals surface area (Å²) in [6.07, 6.45) is -2.81. The van der Waals surface area contributed by atoms with Crippen LogP contribution in [0.4, 0.5) is 0 Å². The monoisotopic (exact) mass is 793 g/mol. The van der Waals surface area contributed by atoms with Crippen LogP contribution in [0.1, 0.15) is 92.5 Å². The average Bonchev–Trinajstić information content (AvgIpc) is 3.26. The number of benzene rings is 4. The van der Waals surface area contributed by atoms with E-state index in [9.17, 15) is 5.41 Å². The molecule has 2 nitrogen and oxygen atoms in total. The molecule has 0 aliphatic heterocycles. The molecule has 0 amide bonds. The van der Waals surface area contributed by atoms with Gasteiger partial charge in [-0.1, -0.05) is 119 Å². The van der Waals surface area contributed by atoms with Crippen LogP contribution in [0, 0.1) is 31.3 Å². The Balaban J connectivity index is 0.000000376. The van der Waals surface area contributed by atoms with E-state index in [0.717, 1.165) is 12.3 Å². The number of nitrogens with zero attached hydrogens (tertiary/aromatic N) is 2. The molecule has 5 rings (SSSR count). The summed E-state index contributed by atoms with van der Waals surface area (Å²) in [5.74, 6) is 0. The van der Waals surface area contributed by atoms with Crippen molar-refractivity contribution in [3.63, 3.8) is 0 Å². The summed E-state index contributed by atoms with van der Waals surface area (Å²) in [6, 6.07) is -6.78. The predicted octanol–water partition coefficient (Wildman–Crippen LogP) is 11.0. The molecule has 5 aromatic rings. The molecule has 0 spiro atoms. The van der Waals surface area contributed by atoms with Gasteiger partial charge in [0, 0.05) is 21.3 Å². The van der Waals surface area contributed by atoms with Gasteiger partial charge in [-0.2, -0.15) is 6.19 Å². The second-order valence-corrected chi connectivity index (χ2v) is 9.83. The van der Waals surface area contributed by atoms with Gasteiger partial charge in [0.25, 0.3) is 0 Å². The molecule has 0 aliphatic rings. The largest absolute Gasteiger partial charge is 3.00 e. The maximum absolute atomic E-state index is 9.77. The van der Waals surface area contributed by atoms with Gasteiger partial charge in [0.05, 0.1) is 17.8 Å². The topological polar surface area (TPSA) is 35.2 Å². The Morgan fingerprint density at radius 3 is 2.42 bits per heavy atom. The van der Waals surface area contributed by atoms with Crippen LogP contribution in [0.3, 0.4) is 0 Å². The number of allylic oxidation sites excluding steroid dienone is 4. The van der Waals surface area contributed by atoms with Crippen molar-refractivity contribution in [2.24, 2.45) is 5.41 Å². The molecule has 0 aliphatic carbocycles. The molecule has 0 atom stereocenters. The Labute approximate surface area is 321 Å². The molecule has 0 saturated heterocycles. The summed E-state index contributed by atoms with van der Waals surface area (Å²) in [7, 11) is 0. The van der Waals surface area contributed by atoms with Crippen LogP contribution in [0.5, 0.6) is 0 Å². The zero-order valence-electron chi connectivity index (χ0n) is 51.4. The van der Waals surface area contributed by atoms with Crippen molar-refractivity contribution in [1.82, 2.24) is 4.98 Å².